The Balaban J connectivity index is 2.16. The van der Waals surface area contributed by atoms with Gasteiger partial charge in [-0.3, -0.25) is 4.98 Å². The van der Waals surface area contributed by atoms with Crippen molar-refractivity contribution in [1.29, 1.82) is 0 Å². The summed E-state index contributed by atoms with van der Waals surface area (Å²) in [5.41, 5.74) is 1.41. The summed E-state index contributed by atoms with van der Waals surface area (Å²) < 4.78 is 5.07. The number of ether oxygens (including phenoxy) is 1. The minimum Gasteiger partial charge on any atom is -0.480 e. The highest BCUT2D eigenvalue weighted by Crippen LogP contribution is 2.23. The summed E-state index contributed by atoms with van der Waals surface area (Å²) in [6.45, 7) is 0. The summed E-state index contributed by atoms with van der Waals surface area (Å²) >= 11 is 5.81. The van der Waals surface area contributed by atoms with E-state index in [2.05, 4.69) is 9.97 Å². The summed E-state index contributed by atoms with van der Waals surface area (Å²) in [6, 6.07) is 7.32. The molecule has 1 aromatic carbocycles. The summed E-state index contributed by atoms with van der Waals surface area (Å²) in [5, 5.41) is 10.8. The highest BCUT2D eigenvalue weighted by Gasteiger charge is 2.16. The largest absolute Gasteiger partial charge is 0.480 e. The fraction of sp³-hybridized carbons (Fsp3) is 0.231. The van der Waals surface area contributed by atoms with Crippen LogP contribution in [0.3, 0.4) is 0 Å². The number of benzene rings is 1. The summed E-state index contributed by atoms with van der Waals surface area (Å²) in [5.74, 6) is 0.346. The van der Waals surface area contributed by atoms with Crippen LogP contribution in [0.2, 0.25) is 5.02 Å². The van der Waals surface area contributed by atoms with Gasteiger partial charge < -0.3 is 9.84 Å². The number of nitrogens with zero attached hydrogens (tertiary/aromatic N) is 2. The number of hydrogen-bond donors (Lipinski definition) is 1. The number of aliphatic hydroxyl groups is 1. The van der Waals surface area contributed by atoms with E-state index in [4.69, 9.17) is 16.3 Å². The third-order valence-corrected chi connectivity index (χ3v) is 2.79. The van der Waals surface area contributed by atoms with Crippen molar-refractivity contribution in [3.8, 4) is 5.88 Å². The smallest absolute Gasteiger partial charge is 0.238 e. The van der Waals surface area contributed by atoms with Gasteiger partial charge in [0.25, 0.3) is 0 Å². The molecule has 0 spiro atoms. The van der Waals surface area contributed by atoms with Crippen LogP contribution in [0.4, 0.5) is 0 Å². The molecule has 0 amide bonds. The molecule has 18 heavy (non-hydrogen) atoms. The van der Waals surface area contributed by atoms with Crippen LogP contribution >= 0.6 is 11.6 Å². The predicted octanol–water partition coefficient (Wildman–Crippen LogP) is 2.41. The first-order valence-corrected chi connectivity index (χ1v) is 5.86. The molecule has 94 valence electrons. The molecule has 1 unspecified atom stereocenters. The second-order valence-electron chi connectivity index (χ2n) is 3.80. The van der Waals surface area contributed by atoms with E-state index in [-0.39, 0.29) is 0 Å². The van der Waals surface area contributed by atoms with Crippen molar-refractivity contribution in [3.05, 3.63) is 52.9 Å². The Morgan fingerprint density at radius 1 is 1.22 bits per heavy atom. The molecule has 4 nitrogen and oxygen atoms in total. The van der Waals surface area contributed by atoms with E-state index in [1.165, 1.54) is 19.5 Å². The van der Waals surface area contributed by atoms with Gasteiger partial charge in [-0.15, -0.1) is 0 Å². The molecular formula is C13H13ClN2O2. The van der Waals surface area contributed by atoms with E-state index >= 15 is 0 Å². The van der Waals surface area contributed by atoms with Crippen LogP contribution in [0.25, 0.3) is 0 Å². The molecule has 0 saturated heterocycles. The lowest BCUT2D eigenvalue weighted by atomic mass is 10.1. The number of aromatic nitrogens is 2. The Morgan fingerprint density at radius 2 is 1.89 bits per heavy atom. The molecule has 0 saturated carbocycles. The lowest BCUT2D eigenvalue weighted by Crippen LogP contribution is -2.07. The molecule has 0 aliphatic rings. The van der Waals surface area contributed by atoms with Crippen molar-refractivity contribution in [2.24, 2.45) is 0 Å². The van der Waals surface area contributed by atoms with Crippen molar-refractivity contribution in [2.75, 3.05) is 7.11 Å². The standard InChI is InChI=1S/C13H13ClN2O2/c1-18-13-12(15-6-7-16-13)11(17)8-9-2-4-10(14)5-3-9/h2-7,11,17H,8H2,1H3. The maximum atomic E-state index is 10.1. The van der Waals surface area contributed by atoms with Gasteiger partial charge in [0.05, 0.1) is 7.11 Å². The highest BCUT2D eigenvalue weighted by molar-refractivity contribution is 6.30. The monoisotopic (exact) mass is 264 g/mol. The number of rotatable bonds is 4. The Hall–Kier alpha value is -1.65. The molecule has 0 bridgehead atoms. The number of methoxy groups -OCH3 is 1. The van der Waals surface area contributed by atoms with Crippen LogP contribution in [0.1, 0.15) is 17.4 Å². The van der Waals surface area contributed by atoms with Crippen molar-refractivity contribution >= 4 is 11.6 Å². The molecule has 0 aliphatic carbocycles. The van der Waals surface area contributed by atoms with E-state index in [0.29, 0.717) is 23.0 Å². The van der Waals surface area contributed by atoms with Crippen LogP contribution in [-0.4, -0.2) is 22.2 Å². The Labute approximate surface area is 110 Å². The lowest BCUT2D eigenvalue weighted by molar-refractivity contribution is 0.167. The second kappa shape index (κ2) is 5.80. The van der Waals surface area contributed by atoms with Gasteiger partial charge in [-0.05, 0) is 17.7 Å². The number of aliphatic hydroxyl groups excluding tert-OH is 1. The average Bonchev–Trinajstić information content (AvgIpc) is 2.41. The second-order valence-corrected chi connectivity index (χ2v) is 4.23. The van der Waals surface area contributed by atoms with Gasteiger partial charge in [0.2, 0.25) is 5.88 Å². The van der Waals surface area contributed by atoms with Gasteiger partial charge in [-0.25, -0.2) is 4.98 Å². The fourth-order valence-corrected chi connectivity index (χ4v) is 1.79. The third kappa shape index (κ3) is 2.97. The Kier molecular flexibility index (Phi) is 4.12. The van der Waals surface area contributed by atoms with E-state index in [9.17, 15) is 5.11 Å². The van der Waals surface area contributed by atoms with Crippen molar-refractivity contribution in [2.45, 2.75) is 12.5 Å². The van der Waals surface area contributed by atoms with Crippen LogP contribution in [0.5, 0.6) is 5.88 Å². The molecule has 1 heterocycles. The summed E-state index contributed by atoms with van der Waals surface area (Å²) in [7, 11) is 1.50. The minimum atomic E-state index is -0.755. The van der Waals surface area contributed by atoms with E-state index in [1.807, 2.05) is 12.1 Å². The van der Waals surface area contributed by atoms with Crippen molar-refractivity contribution in [3.63, 3.8) is 0 Å². The first-order chi connectivity index (χ1) is 8.70. The Bertz CT molecular complexity index is 517. The van der Waals surface area contributed by atoms with E-state index in [0.717, 1.165) is 5.56 Å². The summed E-state index contributed by atoms with van der Waals surface area (Å²) in [4.78, 5) is 8.11. The molecule has 1 atom stereocenters. The molecule has 0 aliphatic heterocycles. The van der Waals surface area contributed by atoms with Gasteiger partial charge in [0.1, 0.15) is 11.8 Å². The van der Waals surface area contributed by atoms with Gasteiger partial charge in [0.15, 0.2) is 0 Å². The first kappa shape index (κ1) is 12.8. The molecule has 1 aromatic heterocycles. The third-order valence-electron chi connectivity index (χ3n) is 2.54. The van der Waals surface area contributed by atoms with Crippen molar-refractivity contribution < 1.29 is 9.84 Å². The molecular weight excluding hydrogens is 252 g/mol. The molecule has 5 heteroatoms. The average molecular weight is 265 g/mol. The molecule has 2 aromatic rings. The lowest BCUT2D eigenvalue weighted by Gasteiger charge is -2.12. The molecule has 0 fully saturated rings. The van der Waals surface area contributed by atoms with E-state index < -0.39 is 6.10 Å². The van der Waals surface area contributed by atoms with Crippen LogP contribution in [-0.2, 0) is 6.42 Å². The van der Waals surface area contributed by atoms with E-state index in [1.54, 1.807) is 12.1 Å². The van der Waals surface area contributed by atoms with Gasteiger partial charge in [-0.1, -0.05) is 23.7 Å². The zero-order valence-electron chi connectivity index (χ0n) is 9.88. The van der Waals surface area contributed by atoms with Gasteiger partial charge in [-0.2, -0.15) is 0 Å². The van der Waals surface area contributed by atoms with Gasteiger partial charge >= 0.3 is 0 Å². The zero-order chi connectivity index (χ0) is 13.0. The Morgan fingerprint density at radius 3 is 2.56 bits per heavy atom. The number of halogens is 1. The molecule has 1 N–H and O–H groups in total. The van der Waals surface area contributed by atoms with Crippen LogP contribution in [0, 0.1) is 0 Å². The fourth-order valence-electron chi connectivity index (χ4n) is 1.66. The van der Waals surface area contributed by atoms with Crippen molar-refractivity contribution in [1.82, 2.24) is 9.97 Å². The molecule has 2 rings (SSSR count). The minimum absolute atomic E-state index is 0.346. The van der Waals surface area contributed by atoms with Crippen LogP contribution < -0.4 is 4.74 Å². The predicted molar refractivity (Wildman–Crippen MR) is 68.7 cm³/mol. The topological polar surface area (TPSA) is 55.2 Å². The maximum Gasteiger partial charge on any atom is 0.238 e. The summed E-state index contributed by atoms with van der Waals surface area (Å²) in [6.07, 6.45) is 2.74. The number of hydrogen-bond acceptors (Lipinski definition) is 4. The maximum absolute atomic E-state index is 10.1. The first-order valence-electron chi connectivity index (χ1n) is 5.48. The zero-order valence-corrected chi connectivity index (χ0v) is 10.6. The van der Waals surface area contributed by atoms with Gasteiger partial charge in [0, 0.05) is 23.8 Å². The quantitative estimate of drug-likeness (QED) is 0.921. The SMILES string of the molecule is COc1nccnc1C(O)Cc1ccc(Cl)cc1. The highest BCUT2D eigenvalue weighted by atomic mass is 35.5. The normalized spacial score (nSPS) is 12.2. The van der Waals surface area contributed by atoms with Crippen LogP contribution in [0.15, 0.2) is 36.7 Å². The molecule has 0 radical (unpaired) electrons.